The topological polar surface area (TPSA) is 107 Å². The Balaban J connectivity index is 0.871. The smallest absolute Gasteiger partial charge is 0.145 e. The molecule has 1 N–H and O–H groups in total. The van der Waals surface area contributed by atoms with Crippen LogP contribution in [0.4, 0.5) is 34.1 Å². The number of rotatable bonds is 12. The third kappa shape index (κ3) is 9.61. The number of benzene rings is 11. The zero-order valence-corrected chi connectivity index (χ0v) is 43.8. The standard InChI is InChI=1S/C73H48N8/c74-47-50-21-34-62(35-22-50)80(63-36-23-51(48-75)24-37-63)65-39-42-72-67(45-65)66-44-64(79(60-17-9-3-10-18-60)61-19-11-4-12-20-61)38-41-71(66)81(72)70-40-33-58(43-59(70)49-76)54-27-25-52(26-28-54)53-29-31-56(32-30-53)69-46-68(55-13-5-1-6-14-55)77-73(78-69)57-15-7-2-8-16-57/h1-46,73,78H. The predicted octanol–water partition coefficient (Wildman–Crippen LogP) is 17.8. The van der Waals surface area contributed by atoms with Crippen molar-refractivity contribution in [3.05, 3.63) is 312 Å². The minimum Gasteiger partial charge on any atom is -0.360 e. The molecule has 0 saturated carbocycles. The number of allylic oxidation sites excluding steroid dienone is 1. The normalized spacial score (nSPS) is 12.8. The maximum Gasteiger partial charge on any atom is 0.145 e. The zero-order chi connectivity index (χ0) is 54.7. The highest BCUT2D eigenvalue weighted by Gasteiger charge is 2.23. The molecule has 1 aliphatic heterocycles. The lowest BCUT2D eigenvalue weighted by atomic mass is 9.97. The lowest BCUT2D eigenvalue weighted by Gasteiger charge is -2.26. The molecule has 13 rings (SSSR count). The fourth-order valence-corrected chi connectivity index (χ4v) is 10.9. The fourth-order valence-electron chi connectivity index (χ4n) is 10.9. The maximum atomic E-state index is 11.1. The molecule has 0 saturated heterocycles. The molecule has 0 amide bonds. The van der Waals surface area contributed by atoms with Crippen LogP contribution < -0.4 is 15.1 Å². The summed E-state index contributed by atoms with van der Waals surface area (Å²) < 4.78 is 2.20. The average Bonchev–Trinajstić information content (AvgIpc) is 4.07. The van der Waals surface area contributed by atoms with Gasteiger partial charge in [0.25, 0.3) is 0 Å². The van der Waals surface area contributed by atoms with E-state index in [1.807, 2.05) is 103 Å². The second-order valence-corrected chi connectivity index (χ2v) is 19.8. The third-order valence-corrected chi connectivity index (χ3v) is 14.9. The van der Waals surface area contributed by atoms with Gasteiger partial charge in [0.15, 0.2) is 0 Å². The van der Waals surface area contributed by atoms with Gasteiger partial charge in [0.05, 0.1) is 51.3 Å². The van der Waals surface area contributed by atoms with Gasteiger partial charge in [-0.2, -0.15) is 15.8 Å². The average molecular weight is 1040 g/mol. The van der Waals surface area contributed by atoms with Gasteiger partial charge in [0.2, 0.25) is 0 Å². The van der Waals surface area contributed by atoms with Crippen molar-refractivity contribution in [2.75, 3.05) is 9.80 Å². The summed E-state index contributed by atoms with van der Waals surface area (Å²) >= 11 is 0. The third-order valence-electron chi connectivity index (χ3n) is 14.9. The lowest BCUT2D eigenvalue weighted by molar-refractivity contribution is 0.664. The summed E-state index contributed by atoms with van der Waals surface area (Å²) in [6.45, 7) is 0. The maximum absolute atomic E-state index is 11.1. The molecule has 12 aromatic rings. The molecule has 1 aliphatic rings. The highest BCUT2D eigenvalue weighted by atomic mass is 15.2. The Hall–Kier alpha value is -11.5. The van der Waals surface area contributed by atoms with E-state index in [4.69, 9.17) is 4.99 Å². The summed E-state index contributed by atoms with van der Waals surface area (Å²) in [5.74, 6) is 0. The van der Waals surface area contributed by atoms with Crippen LogP contribution in [-0.2, 0) is 0 Å². The summed E-state index contributed by atoms with van der Waals surface area (Å²) in [6, 6.07) is 99.8. The molecule has 0 aliphatic carbocycles. The highest BCUT2D eigenvalue weighted by molar-refractivity contribution is 6.14. The molecule has 8 nitrogen and oxygen atoms in total. The van der Waals surface area contributed by atoms with Crippen LogP contribution in [0.1, 0.15) is 39.5 Å². The van der Waals surface area contributed by atoms with Crippen molar-refractivity contribution in [2.24, 2.45) is 4.99 Å². The summed E-state index contributed by atoms with van der Waals surface area (Å²) in [4.78, 5) is 9.49. The molecular formula is C73H48N8. The molecule has 81 heavy (non-hydrogen) atoms. The molecular weight excluding hydrogens is 989 g/mol. The molecule has 8 heteroatoms. The van der Waals surface area contributed by atoms with Gasteiger partial charge in [-0.25, -0.2) is 0 Å². The number of hydrogen-bond donors (Lipinski definition) is 1. The Morgan fingerprint density at radius 2 is 0.790 bits per heavy atom. The van der Waals surface area contributed by atoms with E-state index >= 15 is 0 Å². The van der Waals surface area contributed by atoms with Crippen molar-refractivity contribution >= 4 is 67.3 Å². The van der Waals surface area contributed by atoms with Crippen LogP contribution in [0.15, 0.2) is 284 Å². The molecule has 0 fully saturated rings. The van der Waals surface area contributed by atoms with Crippen molar-refractivity contribution in [3.8, 4) is 46.1 Å². The van der Waals surface area contributed by atoms with Crippen LogP contribution in [-0.4, -0.2) is 10.3 Å². The van der Waals surface area contributed by atoms with Crippen molar-refractivity contribution in [3.63, 3.8) is 0 Å². The number of nitrogens with one attached hydrogen (secondary N) is 1. The number of nitrogens with zero attached hydrogens (tertiary/aromatic N) is 7. The van der Waals surface area contributed by atoms with Crippen molar-refractivity contribution < 1.29 is 0 Å². The van der Waals surface area contributed by atoms with Gasteiger partial charge in [-0.3, -0.25) is 4.99 Å². The van der Waals surface area contributed by atoms with Crippen LogP contribution in [0, 0.1) is 34.0 Å². The molecule has 0 radical (unpaired) electrons. The fraction of sp³-hybridized carbons (Fsp3) is 0.0137. The first kappa shape index (κ1) is 49.1. The highest BCUT2D eigenvalue weighted by Crippen LogP contribution is 2.44. The van der Waals surface area contributed by atoms with Crippen molar-refractivity contribution in [2.45, 2.75) is 6.17 Å². The Morgan fingerprint density at radius 3 is 1.27 bits per heavy atom. The van der Waals surface area contributed by atoms with E-state index in [1.54, 1.807) is 0 Å². The van der Waals surface area contributed by atoms with E-state index in [0.717, 1.165) is 112 Å². The Bertz CT molecular complexity index is 4380. The number of hydrogen-bond acceptors (Lipinski definition) is 7. The molecule has 0 spiro atoms. The minimum atomic E-state index is -0.218. The molecule has 2 heterocycles. The summed E-state index contributed by atoms with van der Waals surface area (Å²) in [6.07, 6.45) is 1.91. The first-order valence-electron chi connectivity index (χ1n) is 26.7. The number of aliphatic imine (C=N–C) groups is 1. The number of nitriles is 3. The van der Waals surface area contributed by atoms with E-state index in [2.05, 4.69) is 214 Å². The van der Waals surface area contributed by atoms with Gasteiger partial charge < -0.3 is 19.7 Å². The van der Waals surface area contributed by atoms with Gasteiger partial charge in [0.1, 0.15) is 12.2 Å². The number of fused-ring (bicyclic) bond motifs is 3. The second-order valence-electron chi connectivity index (χ2n) is 19.8. The van der Waals surface area contributed by atoms with Crippen molar-refractivity contribution in [1.82, 2.24) is 9.88 Å². The first-order chi connectivity index (χ1) is 40.0. The largest absolute Gasteiger partial charge is 0.360 e. The number of para-hydroxylation sites is 2. The van der Waals surface area contributed by atoms with Crippen LogP contribution >= 0.6 is 0 Å². The van der Waals surface area contributed by atoms with Gasteiger partial charge >= 0.3 is 0 Å². The monoisotopic (exact) mass is 1040 g/mol. The quantitative estimate of drug-likeness (QED) is 0.131. The van der Waals surface area contributed by atoms with E-state index in [0.29, 0.717) is 16.7 Å². The van der Waals surface area contributed by atoms with Gasteiger partial charge in [-0.05, 0) is 166 Å². The Kier molecular flexibility index (Phi) is 13.0. The SMILES string of the molecule is N#Cc1ccc(N(c2ccc(C#N)cc2)c2ccc3c(c2)c2cc(N(c4ccccc4)c4ccccc4)ccc2n3-c2ccc(-c3ccc(-c4ccc(C5=CC(c6ccccc6)=NC(c6ccccc6)N5)cc4)cc3)cc2C#N)cc1. The first-order valence-corrected chi connectivity index (χ1v) is 26.7. The summed E-state index contributed by atoms with van der Waals surface area (Å²) in [5.41, 5.74) is 19.2. The van der Waals surface area contributed by atoms with Gasteiger partial charge in [-0.15, -0.1) is 0 Å². The van der Waals surface area contributed by atoms with E-state index in [1.165, 1.54) is 0 Å². The van der Waals surface area contributed by atoms with Crippen LogP contribution in [0.2, 0.25) is 0 Å². The molecule has 380 valence electrons. The Labute approximate surface area is 470 Å². The molecule has 11 aromatic carbocycles. The second kappa shape index (κ2) is 21.5. The molecule has 1 unspecified atom stereocenters. The van der Waals surface area contributed by atoms with Gasteiger partial charge in [-0.1, -0.05) is 152 Å². The lowest BCUT2D eigenvalue weighted by Crippen LogP contribution is -2.24. The van der Waals surface area contributed by atoms with E-state index in [9.17, 15) is 15.8 Å². The Morgan fingerprint density at radius 1 is 0.370 bits per heavy atom. The molecule has 0 bridgehead atoms. The summed E-state index contributed by atoms with van der Waals surface area (Å²) in [7, 11) is 0. The molecule has 1 atom stereocenters. The zero-order valence-electron chi connectivity index (χ0n) is 43.8. The van der Waals surface area contributed by atoms with Gasteiger partial charge in [0, 0.05) is 50.6 Å². The predicted molar refractivity (Wildman–Crippen MR) is 328 cm³/mol. The molecule has 1 aromatic heterocycles. The van der Waals surface area contributed by atoms with Crippen LogP contribution in [0.5, 0.6) is 0 Å². The van der Waals surface area contributed by atoms with E-state index in [-0.39, 0.29) is 6.17 Å². The van der Waals surface area contributed by atoms with Crippen LogP contribution in [0.25, 0.3) is 55.4 Å². The van der Waals surface area contributed by atoms with Crippen molar-refractivity contribution in [1.29, 1.82) is 15.8 Å². The van der Waals surface area contributed by atoms with Crippen LogP contribution in [0.3, 0.4) is 0 Å². The number of anilines is 6. The number of aromatic nitrogens is 1. The van der Waals surface area contributed by atoms with E-state index < -0.39 is 0 Å². The minimum absolute atomic E-state index is 0.218. The summed E-state index contributed by atoms with van der Waals surface area (Å²) in [5, 5.41) is 36.1.